The molecular formula is C14H13FN2O. The number of nitrogen functional groups attached to an aromatic ring is 1. The summed E-state index contributed by atoms with van der Waals surface area (Å²) in [5, 5.41) is 2.62. The molecule has 3 N–H and O–H groups in total. The van der Waals surface area contributed by atoms with Gasteiger partial charge in [0, 0.05) is 11.4 Å². The maximum Gasteiger partial charge on any atom is 0.228 e. The van der Waals surface area contributed by atoms with Crippen molar-refractivity contribution in [1.29, 1.82) is 0 Å². The molecule has 0 heterocycles. The molecule has 0 saturated carbocycles. The first kappa shape index (κ1) is 12.1. The van der Waals surface area contributed by atoms with Crippen molar-refractivity contribution in [3.63, 3.8) is 0 Å². The standard InChI is InChI=1S/C14H13FN2O/c15-11-5-3-6-12(9-11)17-14(18)8-10-4-1-2-7-13(10)16/h1-7,9H,8,16H2,(H,17,18). The van der Waals surface area contributed by atoms with Crippen LogP contribution < -0.4 is 11.1 Å². The number of para-hydroxylation sites is 1. The Hall–Kier alpha value is -2.36. The predicted octanol–water partition coefficient (Wildman–Crippen LogP) is 2.59. The number of rotatable bonds is 3. The van der Waals surface area contributed by atoms with Crippen LogP contribution >= 0.6 is 0 Å². The molecule has 0 spiro atoms. The Balaban J connectivity index is 2.03. The number of benzene rings is 2. The molecule has 2 aromatic rings. The second-order valence-electron chi connectivity index (χ2n) is 3.93. The van der Waals surface area contributed by atoms with Crippen molar-refractivity contribution in [1.82, 2.24) is 0 Å². The number of anilines is 2. The van der Waals surface area contributed by atoms with E-state index >= 15 is 0 Å². The van der Waals surface area contributed by atoms with Gasteiger partial charge in [-0.3, -0.25) is 4.79 Å². The van der Waals surface area contributed by atoms with E-state index in [-0.39, 0.29) is 18.1 Å². The lowest BCUT2D eigenvalue weighted by Crippen LogP contribution is -2.15. The predicted molar refractivity (Wildman–Crippen MR) is 69.6 cm³/mol. The second kappa shape index (κ2) is 5.31. The van der Waals surface area contributed by atoms with Crippen molar-refractivity contribution in [2.24, 2.45) is 0 Å². The van der Waals surface area contributed by atoms with Crippen LogP contribution in [0, 0.1) is 5.82 Å². The average molecular weight is 244 g/mol. The molecule has 18 heavy (non-hydrogen) atoms. The normalized spacial score (nSPS) is 10.1. The van der Waals surface area contributed by atoms with E-state index in [2.05, 4.69) is 5.32 Å². The van der Waals surface area contributed by atoms with Crippen molar-refractivity contribution >= 4 is 17.3 Å². The van der Waals surface area contributed by atoms with E-state index in [4.69, 9.17) is 5.73 Å². The summed E-state index contributed by atoms with van der Waals surface area (Å²) < 4.78 is 12.9. The number of amides is 1. The number of carbonyl (C=O) groups excluding carboxylic acids is 1. The van der Waals surface area contributed by atoms with Crippen LogP contribution in [0.4, 0.5) is 15.8 Å². The first-order chi connectivity index (χ1) is 8.65. The van der Waals surface area contributed by atoms with E-state index < -0.39 is 0 Å². The highest BCUT2D eigenvalue weighted by atomic mass is 19.1. The zero-order chi connectivity index (χ0) is 13.0. The van der Waals surface area contributed by atoms with E-state index in [1.807, 2.05) is 12.1 Å². The highest BCUT2D eigenvalue weighted by Gasteiger charge is 2.06. The summed E-state index contributed by atoms with van der Waals surface area (Å²) in [5.41, 5.74) is 7.52. The second-order valence-corrected chi connectivity index (χ2v) is 3.93. The molecule has 92 valence electrons. The lowest BCUT2D eigenvalue weighted by molar-refractivity contribution is -0.115. The van der Waals surface area contributed by atoms with Gasteiger partial charge in [0.25, 0.3) is 0 Å². The van der Waals surface area contributed by atoms with Gasteiger partial charge in [0.15, 0.2) is 0 Å². The molecule has 0 radical (unpaired) electrons. The third-order valence-corrected chi connectivity index (χ3v) is 2.51. The molecule has 0 bridgehead atoms. The summed E-state index contributed by atoms with van der Waals surface area (Å²) in [6, 6.07) is 12.9. The molecule has 3 nitrogen and oxygen atoms in total. The molecule has 0 aliphatic rings. The van der Waals surface area contributed by atoms with Crippen LogP contribution in [0.1, 0.15) is 5.56 Å². The van der Waals surface area contributed by atoms with E-state index in [0.29, 0.717) is 11.4 Å². The Morgan fingerprint density at radius 1 is 1.17 bits per heavy atom. The van der Waals surface area contributed by atoms with E-state index in [9.17, 15) is 9.18 Å². The first-order valence-corrected chi connectivity index (χ1v) is 5.54. The summed E-state index contributed by atoms with van der Waals surface area (Å²) in [6.45, 7) is 0. The van der Waals surface area contributed by atoms with Gasteiger partial charge < -0.3 is 11.1 Å². The van der Waals surface area contributed by atoms with Gasteiger partial charge >= 0.3 is 0 Å². The lowest BCUT2D eigenvalue weighted by atomic mass is 10.1. The number of carbonyl (C=O) groups is 1. The molecule has 1 amide bonds. The molecule has 0 aliphatic heterocycles. The SMILES string of the molecule is Nc1ccccc1CC(=O)Nc1cccc(F)c1. The number of nitrogens with two attached hydrogens (primary N) is 1. The summed E-state index contributed by atoms with van der Waals surface area (Å²) in [5.74, 6) is -0.606. The fraction of sp³-hybridized carbons (Fsp3) is 0.0714. The van der Waals surface area contributed by atoms with Crippen molar-refractivity contribution in [3.8, 4) is 0 Å². The van der Waals surface area contributed by atoms with Crippen molar-refractivity contribution in [3.05, 3.63) is 59.9 Å². The molecule has 0 fully saturated rings. The van der Waals surface area contributed by atoms with Gasteiger partial charge in [-0.05, 0) is 29.8 Å². The van der Waals surface area contributed by atoms with Crippen molar-refractivity contribution in [2.75, 3.05) is 11.1 Å². The Morgan fingerprint density at radius 2 is 1.94 bits per heavy atom. The molecule has 0 aliphatic carbocycles. The number of hydrogen-bond donors (Lipinski definition) is 2. The van der Waals surface area contributed by atoms with Gasteiger partial charge in [0.1, 0.15) is 5.82 Å². The molecular weight excluding hydrogens is 231 g/mol. The Bertz CT molecular complexity index is 569. The van der Waals surface area contributed by atoms with Crippen LogP contribution in [-0.4, -0.2) is 5.91 Å². The largest absolute Gasteiger partial charge is 0.398 e. The van der Waals surface area contributed by atoms with Crippen LogP contribution in [0.25, 0.3) is 0 Å². The van der Waals surface area contributed by atoms with E-state index in [0.717, 1.165) is 5.56 Å². The van der Waals surface area contributed by atoms with Crippen LogP contribution in [-0.2, 0) is 11.2 Å². The Morgan fingerprint density at radius 3 is 2.67 bits per heavy atom. The van der Waals surface area contributed by atoms with Crippen LogP contribution in [0.3, 0.4) is 0 Å². The molecule has 0 saturated heterocycles. The third-order valence-electron chi connectivity index (χ3n) is 2.51. The molecule has 2 aromatic carbocycles. The fourth-order valence-electron chi connectivity index (χ4n) is 1.64. The van der Waals surface area contributed by atoms with E-state index in [1.165, 1.54) is 12.1 Å². The van der Waals surface area contributed by atoms with Crippen LogP contribution in [0.5, 0.6) is 0 Å². The average Bonchev–Trinajstić information content (AvgIpc) is 2.32. The highest BCUT2D eigenvalue weighted by Crippen LogP contribution is 2.13. The minimum Gasteiger partial charge on any atom is -0.398 e. The monoisotopic (exact) mass is 244 g/mol. The maximum absolute atomic E-state index is 12.9. The number of nitrogens with one attached hydrogen (secondary N) is 1. The van der Waals surface area contributed by atoms with Gasteiger partial charge in [-0.15, -0.1) is 0 Å². The number of halogens is 1. The summed E-state index contributed by atoms with van der Waals surface area (Å²) >= 11 is 0. The zero-order valence-electron chi connectivity index (χ0n) is 9.69. The van der Waals surface area contributed by atoms with Crippen LogP contribution in [0.15, 0.2) is 48.5 Å². The molecule has 0 atom stereocenters. The first-order valence-electron chi connectivity index (χ1n) is 5.54. The fourth-order valence-corrected chi connectivity index (χ4v) is 1.64. The van der Waals surface area contributed by atoms with Gasteiger partial charge in [-0.1, -0.05) is 24.3 Å². The minimum atomic E-state index is -0.382. The lowest BCUT2D eigenvalue weighted by Gasteiger charge is -2.07. The van der Waals surface area contributed by atoms with E-state index in [1.54, 1.807) is 24.3 Å². The van der Waals surface area contributed by atoms with Crippen LogP contribution in [0.2, 0.25) is 0 Å². The topological polar surface area (TPSA) is 55.1 Å². The summed E-state index contributed by atoms with van der Waals surface area (Å²) in [4.78, 5) is 11.8. The smallest absolute Gasteiger partial charge is 0.228 e. The molecule has 4 heteroatoms. The third kappa shape index (κ3) is 3.07. The van der Waals surface area contributed by atoms with Gasteiger partial charge in [0.05, 0.1) is 6.42 Å². The van der Waals surface area contributed by atoms with Crippen molar-refractivity contribution < 1.29 is 9.18 Å². The quantitative estimate of drug-likeness (QED) is 0.815. The minimum absolute atomic E-state index is 0.170. The molecule has 2 rings (SSSR count). The van der Waals surface area contributed by atoms with Crippen molar-refractivity contribution in [2.45, 2.75) is 6.42 Å². The van der Waals surface area contributed by atoms with Gasteiger partial charge in [0.2, 0.25) is 5.91 Å². The summed E-state index contributed by atoms with van der Waals surface area (Å²) in [7, 11) is 0. The summed E-state index contributed by atoms with van der Waals surface area (Å²) in [6.07, 6.45) is 0.170. The Kier molecular flexibility index (Phi) is 3.57. The Labute approximate surface area is 104 Å². The van der Waals surface area contributed by atoms with Gasteiger partial charge in [-0.25, -0.2) is 4.39 Å². The van der Waals surface area contributed by atoms with Gasteiger partial charge in [-0.2, -0.15) is 0 Å². The maximum atomic E-state index is 12.9. The molecule has 0 unspecified atom stereocenters. The molecule has 0 aromatic heterocycles. The highest BCUT2D eigenvalue weighted by molar-refractivity contribution is 5.92. The number of hydrogen-bond acceptors (Lipinski definition) is 2. The zero-order valence-corrected chi connectivity index (χ0v) is 9.69.